The molecule has 0 fully saturated rings. The van der Waals surface area contributed by atoms with Crippen LogP contribution in [0.25, 0.3) is 0 Å². The lowest BCUT2D eigenvalue weighted by atomic mass is 10.7. The van der Waals surface area contributed by atoms with Crippen LogP contribution < -0.4 is 0 Å². The minimum atomic E-state index is -1.06. The normalized spacial score (nSPS) is 9.44. The number of nitrogens with zero attached hydrogens (tertiary/aromatic N) is 3. The summed E-state index contributed by atoms with van der Waals surface area (Å²) in [5.74, 6) is 0.377. The molecule has 0 saturated heterocycles. The molecule has 5 heteroatoms. The van der Waals surface area contributed by atoms with Crippen LogP contribution in [0, 0.1) is 6.92 Å². The van der Waals surface area contributed by atoms with Gasteiger partial charge in [-0.3, -0.25) is 0 Å². The van der Waals surface area contributed by atoms with Crippen LogP contribution in [0.4, 0.5) is 4.79 Å². The first-order valence-electron chi connectivity index (χ1n) is 2.31. The zero-order chi connectivity index (χ0) is 6.85. The zero-order valence-electron chi connectivity index (χ0n) is 4.77. The molecule has 0 amide bonds. The van der Waals surface area contributed by atoms with Gasteiger partial charge < -0.3 is 5.11 Å². The van der Waals surface area contributed by atoms with Crippen LogP contribution in [-0.2, 0) is 0 Å². The molecule has 0 saturated carbocycles. The van der Waals surface area contributed by atoms with Gasteiger partial charge in [-0.2, -0.15) is 0 Å². The first-order valence-corrected chi connectivity index (χ1v) is 2.31. The van der Waals surface area contributed by atoms with E-state index in [4.69, 9.17) is 5.11 Å². The summed E-state index contributed by atoms with van der Waals surface area (Å²) in [4.78, 5) is 10.2. The summed E-state index contributed by atoms with van der Waals surface area (Å²) >= 11 is 0. The molecule has 1 aromatic rings. The van der Waals surface area contributed by atoms with Crippen molar-refractivity contribution in [3.63, 3.8) is 0 Å². The third-order valence-corrected chi connectivity index (χ3v) is 0.924. The van der Waals surface area contributed by atoms with Gasteiger partial charge in [0.15, 0.2) is 0 Å². The summed E-state index contributed by atoms with van der Waals surface area (Å²) in [6.07, 6.45) is 0.0926. The SMILES string of the molecule is Cc1nncn1C(=O)O. The monoisotopic (exact) mass is 127 g/mol. The fourth-order valence-corrected chi connectivity index (χ4v) is 0.481. The molecule has 0 aliphatic carbocycles. The molecule has 1 N–H and O–H groups in total. The van der Waals surface area contributed by atoms with E-state index >= 15 is 0 Å². The van der Waals surface area contributed by atoms with Gasteiger partial charge in [0.05, 0.1) is 0 Å². The number of aryl methyl sites for hydroxylation is 1. The highest BCUT2D eigenvalue weighted by Crippen LogP contribution is 1.88. The summed E-state index contributed by atoms with van der Waals surface area (Å²) in [6.45, 7) is 1.57. The van der Waals surface area contributed by atoms with E-state index in [1.165, 1.54) is 0 Å². The van der Waals surface area contributed by atoms with Crippen LogP contribution in [0.3, 0.4) is 0 Å². The molecule has 1 heterocycles. The highest BCUT2D eigenvalue weighted by atomic mass is 16.4. The predicted octanol–water partition coefficient (Wildman–Crippen LogP) is 0.113. The maximum absolute atomic E-state index is 10.2. The first kappa shape index (κ1) is 5.74. The van der Waals surface area contributed by atoms with Crippen molar-refractivity contribution in [2.45, 2.75) is 6.92 Å². The molecule has 0 bridgehead atoms. The standard InChI is InChI=1S/C4H5N3O2/c1-3-6-5-2-7(3)4(8)9/h2H,1H3,(H,8,9). The quantitative estimate of drug-likeness (QED) is 0.537. The van der Waals surface area contributed by atoms with Crippen LogP contribution in [0.5, 0.6) is 0 Å². The topological polar surface area (TPSA) is 68.0 Å². The Morgan fingerprint density at radius 3 is 2.78 bits per heavy atom. The Kier molecular flexibility index (Phi) is 1.18. The van der Waals surface area contributed by atoms with Crippen LogP contribution in [0.1, 0.15) is 5.82 Å². The van der Waals surface area contributed by atoms with Crippen molar-refractivity contribution < 1.29 is 9.90 Å². The summed E-state index contributed by atoms with van der Waals surface area (Å²) in [5.41, 5.74) is 0. The van der Waals surface area contributed by atoms with E-state index in [2.05, 4.69) is 10.2 Å². The lowest BCUT2D eigenvalue weighted by Crippen LogP contribution is -2.07. The molecule has 5 nitrogen and oxygen atoms in total. The number of hydrogen-bond acceptors (Lipinski definition) is 3. The van der Waals surface area contributed by atoms with Crippen molar-refractivity contribution in [2.75, 3.05) is 0 Å². The maximum Gasteiger partial charge on any atom is 0.418 e. The summed E-state index contributed by atoms with van der Waals surface area (Å²) < 4.78 is 0.944. The van der Waals surface area contributed by atoms with Gasteiger partial charge in [-0.05, 0) is 6.92 Å². The fourth-order valence-electron chi connectivity index (χ4n) is 0.481. The minimum Gasteiger partial charge on any atom is -0.464 e. The molecule has 0 unspecified atom stereocenters. The van der Waals surface area contributed by atoms with Gasteiger partial charge in [-0.15, -0.1) is 10.2 Å². The van der Waals surface area contributed by atoms with Crippen LogP contribution in [-0.4, -0.2) is 26.0 Å². The van der Waals surface area contributed by atoms with E-state index in [9.17, 15) is 4.79 Å². The molecular weight excluding hydrogens is 122 g/mol. The van der Waals surface area contributed by atoms with Gasteiger partial charge in [-0.25, -0.2) is 9.36 Å². The second-order valence-corrected chi connectivity index (χ2v) is 1.53. The first-order chi connectivity index (χ1) is 4.22. The Balaban J connectivity index is 3.08. The molecule has 9 heavy (non-hydrogen) atoms. The number of carboxylic acid groups (broad SMARTS) is 1. The van der Waals surface area contributed by atoms with Crippen molar-refractivity contribution in [3.8, 4) is 0 Å². The average molecular weight is 127 g/mol. The fraction of sp³-hybridized carbons (Fsp3) is 0.250. The Morgan fingerprint density at radius 1 is 1.89 bits per heavy atom. The molecule has 0 radical (unpaired) electrons. The van der Waals surface area contributed by atoms with E-state index in [0.29, 0.717) is 5.82 Å². The number of rotatable bonds is 0. The minimum absolute atomic E-state index is 0.377. The van der Waals surface area contributed by atoms with Gasteiger partial charge in [0.2, 0.25) is 0 Å². The predicted molar refractivity (Wildman–Crippen MR) is 28.2 cm³/mol. The van der Waals surface area contributed by atoms with Crippen molar-refractivity contribution in [1.29, 1.82) is 0 Å². The molecule has 0 spiro atoms. The summed E-state index contributed by atoms with van der Waals surface area (Å²) in [6, 6.07) is 0. The van der Waals surface area contributed by atoms with Crippen molar-refractivity contribution in [1.82, 2.24) is 14.8 Å². The summed E-state index contributed by atoms with van der Waals surface area (Å²) in [5, 5.41) is 15.2. The Hall–Kier alpha value is -1.39. The van der Waals surface area contributed by atoms with E-state index in [1.807, 2.05) is 0 Å². The molecule has 1 aromatic heterocycles. The number of aromatic nitrogens is 3. The van der Waals surface area contributed by atoms with Gasteiger partial charge >= 0.3 is 6.09 Å². The van der Waals surface area contributed by atoms with Crippen LogP contribution in [0.15, 0.2) is 6.33 Å². The van der Waals surface area contributed by atoms with Crippen LogP contribution >= 0.6 is 0 Å². The molecular formula is C4H5N3O2. The smallest absolute Gasteiger partial charge is 0.418 e. The van der Waals surface area contributed by atoms with E-state index in [0.717, 1.165) is 10.9 Å². The largest absolute Gasteiger partial charge is 0.464 e. The molecule has 1 rings (SSSR count). The second-order valence-electron chi connectivity index (χ2n) is 1.53. The van der Waals surface area contributed by atoms with Crippen LogP contribution in [0.2, 0.25) is 0 Å². The molecule has 0 aromatic carbocycles. The van der Waals surface area contributed by atoms with E-state index in [-0.39, 0.29) is 0 Å². The van der Waals surface area contributed by atoms with Gasteiger partial charge in [0.1, 0.15) is 12.2 Å². The van der Waals surface area contributed by atoms with Gasteiger partial charge in [-0.1, -0.05) is 0 Å². The molecule has 48 valence electrons. The zero-order valence-corrected chi connectivity index (χ0v) is 4.77. The second kappa shape index (κ2) is 1.85. The third kappa shape index (κ3) is 0.883. The Bertz CT molecular complexity index is 229. The van der Waals surface area contributed by atoms with Gasteiger partial charge in [0.25, 0.3) is 0 Å². The lowest BCUT2D eigenvalue weighted by molar-refractivity contribution is 0.195. The molecule has 0 atom stereocenters. The van der Waals surface area contributed by atoms with E-state index in [1.54, 1.807) is 6.92 Å². The average Bonchev–Trinajstić information content (AvgIpc) is 2.13. The Labute approximate surface area is 50.9 Å². The van der Waals surface area contributed by atoms with Crippen molar-refractivity contribution >= 4 is 6.09 Å². The van der Waals surface area contributed by atoms with E-state index < -0.39 is 6.09 Å². The van der Waals surface area contributed by atoms with Gasteiger partial charge in [0, 0.05) is 0 Å². The molecule has 0 aliphatic rings. The molecule has 0 aliphatic heterocycles. The van der Waals surface area contributed by atoms with Crippen molar-refractivity contribution in [3.05, 3.63) is 12.2 Å². The van der Waals surface area contributed by atoms with Crippen molar-refractivity contribution in [2.24, 2.45) is 0 Å². The summed E-state index contributed by atoms with van der Waals surface area (Å²) in [7, 11) is 0. The lowest BCUT2D eigenvalue weighted by Gasteiger charge is -1.90. The highest BCUT2D eigenvalue weighted by molar-refractivity contribution is 5.68. The maximum atomic E-state index is 10.2. The third-order valence-electron chi connectivity index (χ3n) is 0.924. The number of carbonyl (C=O) groups is 1. The highest BCUT2D eigenvalue weighted by Gasteiger charge is 2.02. The number of hydrogen-bond donors (Lipinski definition) is 1. The Morgan fingerprint density at radius 2 is 2.56 bits per heavy atom.